The first-order valence-electron chi connectivity index (χ1n) is 4.50. The van der Waals surface area contributed by atoms with Crippen LogP contribution < -0.4 is 4.90 Å². The number of hydrogen-bond acceptors (Lipinski definition) is 2. The highest BCUT2D eigenvalue weighted by molar-refractivity contribution is 5.74. The second kappa shape index (κ2) is 4.13. The Labute approximate surface area is 84.0 Å². The van der Waals surface area contributed by atoms with E-state index in [2.05, 4.69) is 0 Å². The summed E-state index contributed by atoms with van der Waals surface area (Å²) in [5.74, 6) is -0.789. The van der Waals surface area contributed by atoms with Crippen molar-refractivity contribution in [1.29, 1.82) is 0 Å². The lowest BCUT2D eigenvalue weighted by Crippen LogP contribution is -2.14. The van der Waals surface area contributed by atoms with E-state index in [1.807, 2.05) is 44.1 Å². The van der Waals surface area contributed by atoms with Crippen molar-refractivity contribution in [2.75, 3.05) is 19.0 Å². The molecule has 1 aromatic carbocycles. The van der Waals surface area contributed by atoms with Crippen LogP contribution in [0.5, 0.6) is 0 Å². The van der Waals surface area contributed by atoms with Gasteiger partial charge in [-0.15, -0.1) is 0 Å². The topological polar surface area (TPSA) is 40.5 Å². The van der Waals surface area contributed by atoms with Crippen molar-refractivity contribution in [3.63, 3.8) is 0 Å². The van der Waals surface area contributed by atoms with Crippen molar-refractivity contribution >= 4 is 11.7 Å². The molecule has 0 bridgehead atoms. The molecule has 0 unspecified atom stereocenters. The summed E-state index contributed by atoms with van der Waals surface area (Å²) >= 11 is 0. The van der Waals surface area contributed by atoms with Crippen molar-refractivity contribution in [3.8, 4) is 0 Å². The number of nitrogens with zero attached hydrogens (tertiary/aromatic N) is 1. The molecular weight excluding hydrogens is 178 g/mol. The molecule has 0 aliphatic heterocycles. The van der Waals surface area contributed by atoms with Gasteiger partial charge in [-0.2, -0.15) is 0 Å². The third kappa shape index (κ3) is 2.25. The van der Waals surface area contributed by atoms with Gasteiger partial charge in [0.2, 0.25) is 0 Å². The fourth-order valence-electron chi connectivity index (χ4n) is 1.49. The first kappa shape index (κ1) is 10.6. The minimum absolute atomic E-state index is 0.0835. The fraction of sp³-hybridized carbons (Fsp3) is 0.364. The fourth-order valence-corrected chi connectivity index (χ4v) is 1.49. The molecule has 0 heterocycles. The van der Waals surface area contributed by atoms with Crippen LogP contribution in [0, 0.1) is 6.92 Å². The van der Waals surface area contributed by atoms with E-state index < -0.39 is 5.97 Å². The molecule has 0 amide bonds. The Balaban J connectivity index is 3.15. The second-order valence-corrected chi connectivity index (χ2v) is 3.54. The van der Waals surface area contributed by atoms with Crippen molar-refractivity contribution in [2.24, 2.45) is 0 Å². The molecule has 14 heavy (non-hydrogen) atoms. The van der Waals surface area contributed by atoms with E-state index in [1.165, 1.54) is 0 Å². The molecule has 0 saturated heterocycles. The van der Waals surface area contributed by atoms with E-state index in [1.54, 1.807) is 0 Å². The Kier molecular flexibility index (Phi) is 3.12. The van der Waals surface area contributed by atoms with Crippen LogP contribution in [0.4, 0.5) is 5.69 Å². The minimum atomic E-state index is -0.789. The summed E-state index contributed by atoms with van der Waals surface area (Å²) in [6.07, 6.45) is 0.0835. The smallest absolute Gasteiger partial charge is 0.307 e. The maximum absolute atomic E-state index is 10.7. The Hall–Kier alpha value is -1.51. The summed E-state index contributed by atoms with van der Waals surface area (Å²) in [5.41, 5.74) is 2.90. The predicted molar refractivity (Wildman–Crippen MR) is 56.8 cm³/mol. The van der Waals surface area contributed by atoms with Crippen molar-refractivity contribution in [3.05, 3.63) is 29.3 Å². The lowest BCUT2D eigenvalue weighted by molar-refractivity contribution is -0.136. The molecule has 0 aliphatic carbocycles. The zero-order valence-corrected chi connectivity index (χ0v) is 8.74. The third-order valence-corrected chi connectivity index (χ3v) is 2.20. The van der Waals surface area contributed by atoms with Gasteiger partial charge in [-0.25, -0.2) is 0 Å². The van der Waals surface area contributed by atoms with Gasteiger partial charge in [-0.1, -0.05) is 12.1 Å². The number of anilines is 1. The Morgan fingerprint density at radius 2 is 2.07 bits per heavy atom. The third-order valence-electron chi connectivity index (χ3n) is 2.20. The highest BCUT2D eigenvalue weighted by Gasteiger charge is 2.10. The summed E-state index contributed by atoms with van der Waals surface area (Å²) in [6, 6.07) is 5.81. The molecular formula is C11H15NO2. The maximum atomic E-state index is 10.7. The van der Waals surface area contributed by atoms with Crippen LogP contribution in [0.2, 0.25) is 0 Å². The molecule has 1 aromatic rings. The average molecular weight is 193 g/mol. The Morgan fingerprint density at radius 1 is 1.43 bits per heavy atom. The summed E-state index contributed by atoms with van der Waals surface area (Å²) in [6.45, 7) is 1.94. The van der Waals surface area contributed by atoms with Crippen LogP contribution in [0.15, 0.2) is 18.2 Å². The summed E-state index contributed by atoms with van der Waals surface area (Å²) in [5, 5.41) is 8.78. The van der Waals surface area contributed by atoms with Gasteiger partial charge in [-0.05, 0) is 24.1 Å². The molecule has 0 fully saturated rings. The van der Waals surface area contributed by atoms with Crippen LogP contribution in [-0.2, 0) is 11.2 Å². The Bertz CT molecular complexity index is 345. The monoisotopic (exact) mass is 193 g/mol. The minimum Gasteiger partial charge on any atom is -0.481 e. The molecule has 0 saturated carbocycles. The lowest BCUT2D eigenvalue weighted by Gasteiger charge is -2.18. The van der Waals surface area contributed by atoms with Crippen molar-refractivity contribution in [1.82, 2.24) is 0 Å². The van der Waals surface area contributed by atoms with Gasteiger partial charge in [0.15, 0.2) is 0 Å². The van der Waals surface area contributed by atoms with Gasteiger partial charge in [-0.3, -0.25) is 4.79 Å². The number of aryl methyl sites for hydroxylation is 1. The first-order chi connectivity index (χ1) is 6.52. The number of carboxylic acid groups (broad SMARTS) is 1. The second-order valence-electron chi connectivity index (χ2n) is 3.54. The molecule has 0 aromatic heterocycles. The van der Waals surface area contributed by atoms with Crippen LogP contribution in [0.25, 0.3) is 0 Å². The predicted octanol–water partition coefficient (Wildman–Crippen LogP) is 1.69. The first-order valence-corrected chi connectivity index (χ1v) is 4.50. The number of carboxylic acids is 1. The van der Waals surface area contributed by atoms with E-state index in [4.69, 9.17) is 5.11 Å². The number of aliphatic carboxylic acids is 1. The summed E-state index contributed by atoms with van der Waals surface area (Å²) < 4.78 is 0. The van der Waals surface area contributed by atoms with Crippen LogP contribution in [-0.4, -0.2) is 25.2 Å². The molecule has 1 rings (SSSR count). The number of rotatable bonds is 3. The molecule has 0 radical (unpaired) electrons. The zero-order valence-electron chi connectivity index (χ0n) is 8.74. The van der Waals surface area contributed by atoms with Crippen molar-refractivity contribution < 1.29 is 9.90 Å². The molecule has 0 aliphatic rings. The Morgan fingerprint density at radius 3 is 2.57 bits per heavy atom. The highest BCUT2D eigenvalue weighted by atomic mass is 16.4. The maximum Gasteiger partial charge on any atom is 0.307 e. The lowest BCUT2D eigenvalue weighted by atomic mass is 10.0. The molecule has 0 atom stereocenters. The SMILES string of the molecule is Cc1cccc(N(C)C)c1CC(=O)O. The molecule has 76 valence electrons. The van der Waals surface area contributed by atoms with Crippen molar-refractivity contribution in [2.45, 2.75) is 13.3 Å². The van der Waals surface area contributed by atoms with Crippen LogP contribution >= 0.6 is 0 Å². The van der Waals surface area contributed by atoms with Gasteiger partial charge in [0, 0.05) is 19.8 Å². The summed E-state index contributed by atoms with van der Waals surface area (Å²) in [4.78, 5) is 12.6. The van der Waals surface area contributed by atoms with Gasteiger partial charge >= 0.3 is 5.97 Å². The zero-order chi connectivity index (χ0) is 10.7. The van der Waals surface area contributed by atoms with Gasteiger partial charge in [0.1, 0.15) is 0 Å². The van der Waals surface area contributed by atoms with E-state index in [0.717, 1.165) is 16.8 Å². The number of hydrogen-bond donors (Lipinski definition) is 1. The largest absolute Gasteiger partial charge is 0.481 e. The van der Waals surface area contributed by atoms with E-state index in [9.17, 15) is 4.79 Å². The summed E-state index contributed by atoms with van der Waals surface area (Å²) in [7, 11) is 3.83. The number of benzene rings is 1. The standard InChI is InChI=1S/C11H15NO2/c1-8-5-4-6-10(12(2)3)9(8)7-11(13)14/h4-6H,7H2,1-3H3,(H,13,14). The van der Waals surface area contributed by atoms with Gasteiger partial charge in [0.05, 0.1) is 6.42 Å². The average Bonchev–Trinajstić information content (AvgIpc) is 2.07. The van der Waals surface area contributed by atoms with E-state index in [0.29, 0.717) is 0 Å². The highest BCUT2D eigenvalue weighted by Crippen LogP contribution is 2.22. The quantitative estimate of drug-likeness (QED) is 0.794. The van der Waals surface area contributed by atoms with Gasteiger partial charge in [0.25, 0.3) is 0 Å². The molecule has 0 spiro atoms. The number of carbonyl (C=O) groups is 1. The van der Waals surface area contributed by atoms with E-state index >= 15 is 0 Å². The molecule has 3 heteroatoms. The molecule has 3 nitrogen and oxygen atoms in total. The van der Waals surface area contributed by atoms with Crippen LogP contribution in [0.3, 0.4) is 0 Å². The van der Waals surface area contributed by atoms with Gasteiger partial charge < -0.3 is 10.0 Å². The normalized spacial score (nSPS) is 9.93. The van der Waals surface area contributed by atoms with Crippen LogP contribution in [0.1, 0.15) is 11.1 Å². The van der Waals surface area contributed by atoms with E-state index in [-0.39, 0.29) is 6.42 Å². The molecule has 1 N–H and O–H groups in total.